The van der Waals surface area contributed by atoms with Gasteiger partial charge < -0.3 is 15.6 Å². The molecule has 1 aliphatic rings. The average molecular weight is 240 g/mol. The number of rotatable bonds is 2. The smallest absolute Gasteiger partial charge is 0.256 e. The summed E-state index contributed by atoms with van der Waals surface area (Å²) in [6, 6.07) is 5.76. The lowest BCUT2D eigenvalue weighted by atomic mass is 10.1. The monoisotopic (exact) mass is 240 g/mol. The number of carbonyl (C=O) groups excluding carboxylic acids is 1. The number of hydrogen-bond donors (Lipinski definition) is 3. The van der Waals surface area contributed by atoms with Crippen molar-refractivity contribution in [3.63, 3.8) is 0 Å². The van der Waals surface area contributed by atoms with Crippen molar-refractivity contribution in [1.82, 2.24) is 9.97 Å². The molecule has 0 fully saturated rings. The highest BCUT2D eigenvalue weighted by molar-refractivity contribution is 6.34. The Labute approximate surface area is 104 Å². The molecular weight excluding hydrogens is 228 g/mol. The zero-order chi connectivity index (χ0) is 12.5. The molecule has 2 heterocycles. The molecule has 0 saturated heterocycles. The first-order valence-corrected chi connectivity index (χ1v) is 5.62. The van der Waals surface area contributed by atoms with Crippen molar-refractivity contribution in [3.8, 4) is 0 Å². The van der Waals surface area contributed by atoms with Crippen LogP contribution in [0.15, 0.2) is 30.6 Å². The third kappa shape index (κ3) is 1.66. The lowest BCUT2D eigenvalue weighted by Gasteiger charge is -2.03. The van der Waals surface area contributed by atoms with Gasteiger partial charge in [0.2, 0.25) is 0 Å². The van der Waals surface area contributed by atoms with Gasteiger partial charge in [-0.15, -0.1) is 0 Å². The fourth-order valence-electron chi connectivity index (χ4n) is 1.98. The third-order valence-corrected chi connectivity index (χ3v) is 2.89. The molecule has 90 valence electrons. The number of benzene rings is 1. The van der Waals surface area contributed by atoms with Gasteiger partial charge in [0, 0.05) is 36.4 Å². The molecule has 1 amide bonds. The van der Waals surface area contributed by atoms with Crippen LogP contribution in [0.5, 0.6) is 0 Å². The number of imidazole rings is 1. The van der Waals surface area contributed by atoms with Crippen LogP contribution < -0.4 is 10.6 Å². The van der Waals surface area contributed by atoms with E-state index >= 15 is 0 Å². The van der Waals surface area contributed by atoms with Gasteiger partial charge in [0.25, 0.3) is 5.91 Å². The molecule has 0 unspecified atom stereocenters. The van der Waals surface area contributed by atoms with Crippen molar-refractivity contribution >= 4 is 28.9 Å². The maximum atomic E-state index is 11.9. The first kappa shape index (κ1) is 10.6. The third-order valence-electron chi connectivity index (χ3n) is 2.89. The van der Waals surface area contributed by atoms with Crippen LogP contribution in [0.3, 0.4) is 0 Å². The molecule has 1 aromatic heterocycles. The quantitative estimate of drug-likeness (QED) is 0.703. The Bertz CT molecular complexity index is 628. The minimum Gasteiger partial charge on any atom is -0.388 e. The largest absolute Gasteiger partial charge is 0.388 e. The molecule has 0 spiro atoms. The predicted molar refractivity (Wildman–Crippen MR) is 71.1 cm³/mol. The number of nitrogens with zero attached hydrogens (tertiary/aromatic N) is 1. The number of nitrogens with one attached hydrogen (secondary N) is 3. The summed E-state index contributed by atoms with van der Waals surface area (Å²) in [5.74, 6) is 0.567. The lowest BCUT2D eigenvalue weighted by molar-refractivity contribution is -0.110. The molecule has 18 heavy (non-hydrogen) atoms. The molecule has 1 aliphatic heterocycles. The van der Waals surface area contributed by atoms with Gasteiger partial charge in [0.15, 0.2) is 0 Å². The molecule has 0 bridgehead atoms. The number of fused-ring (bicyclic) bond motifs is 1. The fourth-order valence-corrected chi connectivity index (χ4v) is 1.98. The van der Waals surface area contributed by atoms with Gasteiger partial charge in [-0.25, -0.2) is 4.98 Å². The second kappa shape index (κ2) is 4.03. The van der Waals surface area contributed by atoms with Crippen LogP contribution in [0, 0.1) is 0 Å². The Morgan fingerprint density at radius 1 is 1.39 bits per heavy atom. The molecule has 0 saturated carbocycles. The van der Waals surface area contributed by atoms with Crippen LogP contribution in [-0.4, -0.2) is 22.9 Å². The van der Waals surface area contributed by atoms with E-state index < -0.39 is 0 Å². The first-order chi connectivity index (χ1) is 8.78. The summed E-state index contributed by atoms with van der Waals surface area (Å²) < 4.78 is 0. The van der Waals surface area contributed by atoms with Crippen molar-refractivity contribution in [2.24, 2.45) is 0 Å². The zero-order valence-electron chi connectivity index (χ0n) is 9.82. The molecule has 3 N–H and O–H groups in total. The fraction of sp³-hybridized carbons (Fsp3) is 0.0769. The van der Waals surface area contributed by atoms with Crippen LogP contribution in [0.4, 0.5) is 11.4 Å². The number of aromatic amines is 1. The molecule has 5 nitrogen and oxygen atoms in total. The molecule has 2 aromatic rings. The summed E-state index contributed by atoms with van der Waals surface area (Å²) >= 11 is 0. The number of H-pyrrole nitrogens is 1. The zero-order valence-corrected chi connectivity index (χ0v) is 9.82. The standard InChI is InChI=1S/C13H12N4O/c1-14-8-2-3-11-9(6-8)10(13(18)17-11)7-12-15-4-5-16-12/h2-7,14H,1H3,(H,15,16)(H,17,18)/b10-7-. The molecule has 5 heteroatoms. The van der Waals surface area contributed by atoms with Gasteiger partial charge in [0.05, 0.1) is 5.57 Å². The molecule has 1 aromatic carbocycles. The lowest BCUT2D eigenvalue weighted by Crippen LogP contribution is -2.03. The van der Waals surface area contributed by atoms with Gasteiger partial charge in [-0.1, -0.05) is 0 Å². The Hall–Kier alpha value is -2.56. The normalized spacial score (nSPS) is 15.6. The van der Waals surface area contributed by atoms with Crippen LogP contribution >= 0.6 is 0 Å². The highest BCUT2D eigenvalue weighted by Crippen LogP contribution is 2.34. The number of aromatic nitrogens is 2. The van der Waals surface area contributed by atoms with Crippen LogP contribution in [0.2, 0.25) is 0 Å². The van der Waals surface area contributed by atoms with Gasteiger partial charge in [0.1, 0.15) is 5.82 Å². The van der Waals surface area contributed by atoms with Gasteiger partial charge in [-0.3, -0.25) is 4.79 Å². The number of hydrogen-bond acceptors (Lipinski definition) is 3. The van der Waals surface area contributed by atoms with Crippen molar-refractivity contribution in [1.29, 1.82) is 0 Å². The van der Waals surface area contributed by atoms with E-state index in [1.54, 1.807) is 18.5 Å². The van der Waals surface area contributed by atoms with E-state index in [4.69, 9.17) is 0 Å². The summed E-state index contributed by atoms with van der Waals surface area (Å²) in [6.45, 7) is 0. The van der Waals surface area contributed by atoms with E-state index in [9.17, 15) is 4.79 Å². The second-order valence-electron chi connectivity index (χ2n) is 4.00. The highest BCUT2D eigenvalue weighted by Gasteiger charge is 2.24. The Morgan fingerprint density at radius 2 is 2.28 bits per heavy atom. The molecular formula is C13H12N4O. The number of carbonyl (C=O) groups is 1. The van der Waals surface area contributed by atoms with E-state index in [2.05, 4.69) is 20.6 Å². The Kier molecular flexibility index (Phi) is 2.37. The van der Waals surface area contributed by atoms with E-state index in [1.807, 2.05) is 25.2 Å². The predicted octanol–water partition coefficient (Wildman–Crippen LogP) is 1.94. The van der Waals surface area contributed by atoms with Crippen LogP contribution in [0.25, 0.3) is 11.6 Å². The maximum absolute atomic E-state index is 11.9. The van der Waals surface area contributed by atoms with Gasteiger partial charge in [-0.05, 0) is 24.3 Å². The van der Waals surface area contributed by atoms with Crippen molar-refractivity contribution in [3.05, 3.63) is 42.0 Å². The number of anilines is 2. The first-order valence-electron chi connectivity index (χ1n) is 5.62. The SMILES string of the molecule is CNc1ccc2c(c1)/C(=C/c1ncc[nH]1)C(=O)N2. The minimum atomic E-state index is -0.102. The summed E-state index contributed by atoms with van der Waals surface area (Å²) in [5, 5.41) is 5.90. The second-order valence-corrected chi connectivity index (χ2v) is 4.00. The van der Waals surface area contributed by atoms with E-state index in [0.29, 0.717) is 11.4 Å². The van der Waals surface area contributed by atoms with Crippen LogP contribution in [0.1, 0.15) is 11.4 Å². The molecule has 0 aliphatic carbocycles. The summed E-state index contributed by atoms with van der Waals surface area (Å²) in [7, 11) is 1.85. The van der Waals surface area contributed by atoms with Crippen molar-refractivity contribution in [2.45, 2.75) is 0 Å². The molecule has 0 atom stereocenters. The topological polar surface area (TPSA) is 69.8 Å². The van der Waals surface area contributed by atoms with E-state index in [-0.39, 0.29) is 5.91 Å². The van der Waals surface area contributed by atoms with Gasteiger partial charge in [-0.2, -0.15) is 0 Å². The maximum Gasteiger partial charge on any atom is 0.256 e. The number of amides is 1. The minimum absolute atomic E-state index is 0.102. The Morgan fingerprint density at radius 3 is 3.00 bits per heavy atom. The average Bonchev–Trinajstić information content (AvgIpc) is 2.99. The van der Waals surface area contributed by atoms with Crippen LogP contribution in [-0.2, 0) is 4.79 Å². The van der Waals surface area contributed by atoms with Crippen molar-refractivity contribution < 1.29 is 4.79 Å². The summed E-state index contributed by atoms with van der Waals surface area (Å²) in [6.07, 6.45) is 5.13. The highest BCUT2D eigenvalue weighted by atomic mass is 16.2. The van der Waals surface area contributed by atoms with E-state index in [0.717, 1.165) is 16.9 Å². The van der Waals surface area contributed by atoms with E-state index in [1.165, 1.54) is 0 Å². The Balaban J connectivity index is 2.10. The van der Waals surface area contributed by atoms with Crippen molar-refractivity contribution in [2.75, 3.05) is 17.7 Å². The molecule has 3 rings (SSSR count). The van der Waals surface area contributed by atoms with Gasteiger partial charge >= 0.3 is 0 Å². The molecule has 0 radical (unpaired) electrons. The summed E-state index contributed by atoms with van der Waals surface area (Å²) in [5.41, 5.74) is 3.31. The summed E-state index contributed by atoms with van der Waals surface area (Å²) in [4.78, 5) is 19.0.